The van der Waals surface area contributed by atoms with E-state index in [4.69, 9.17) is 23.2 Å². The zero-order chi connectivity index (χ0) is 20.8. The predicted octanol–water partition coefficient (Wildman–Crippen LogP) is 5.36. The first-order chi connectivity index (χ1) is 13.9. The molecule has 5 nitrogen and oxygen atoms in total. The van der Waals surface area contributed by atoms with E-state index in [9.17, 15) is 9.59 Å². The summed E-state index contributed by atoms with van der Waals surface area (Å²) in [6.07, 6.45) is 2.92. The van der Waals surface area contributed by atoms with Gasteiger partial charge in [-0.2, -0.15) is 0 Å². The Morgan fingerprint density at radius 1 is 0.931 bits per heavy atom. The highest BCUT2D eigenvalue weighted by molar-refractivity contribution is 6.35. The van der Waals surface area contributed by atoms with E-state index < -0.39 is 11.8 Å². The highest BCUT2D eigenvalue weighted by Crippen LogP contribution is 2.24. The van der Waals surface area contributed by atoms with Crippen molar-refractivity contribution in [2.24, 2.45) is 0 Å². The Labute approximate surface area is 178 Å². The zero-order valence-corrected chi connectivity index (χ0v) is 17.0. The van der Waals surface area contributed by atoms with Crippen molar-refractivity contribution in [3.05, 3.63) is 93.7 Å². The Bertz CT molecular complexity index is 1080. The lowest BCUT2D eigenvalue weighted by Crippen LogP contribution is -2.25. The molecule has 3 aromatic rings. The molecule has 3 rings (SSSR count). The highest BCUT2D eigenvalue weighted by Gasteiger charge is 2.20. The summed E-state index contributed by atoms with van der Waals surface area (Å²) in [5.74, 6) is -1.21. The van der Waals surface area contributed by atoms with Crippen LogP contribution in [-0.2, 0) is 9.59 Å². The number of aromatic nitrogens is 1. The van der Waals surface area contributed by atoms with Crippen LogP contribution < -0.4 is 10.6 Å². The molecular formula is C22H17Cl2N3O2. The van der Waals surface area contributed by atoms with Gasteiger partial charge in [0.1, 0.15) is 10.7 Å². The van der Waals surface area contributed by atoms with Crippen molar-refractivity contribution < 1.29 is 9.59 Å². The molecular weight excluding hydrogens is 409 g/mol. The molecule has 0 radical (unpaired) electrons. The van der Waals surface area contributed by atoms with E-state index in [0.717, 1.165) is 5.56 Å². The third kappa shape index (κ3) is 5.44. The fourth-order valence-corrected chi connectivity index (χ4v) is 2.88. The van der Waals surface area contributed by atoms with Crippen molar-refractivity contribution in [2.45, 2.75) is 6.92 Å². The molecule has 0 bridgehead atoms. The normalized spacial score (nSPS) is 11.1. The zero-order valence-electron chi connectivity index (χ0n) is 15.4. The van der Waals surface area contributed by atoms with Gasteiger partial charge in [-0.15, -0.1) is 0 Å². The minimum Gasteiger partial charge on any atom is -0.322 e. The maximum Gasteiger partial charge on any atom is 0.261 e. The van der Waals surface area contributed by atoms with Crippen LogP contribution in [0.25, 0.3) is 6.08 Å². The van der Waals surface area contributed by atoms with E-state index in [1.165, 1.54) is 12.3 Å². The Hall–Kier alpha value is -3.15. The lowest BCUT2D eigenvalue weighted by molar-refractivity contribution is -0.118. The van der Waals surface area contributed by atoms with Gasteiger partial charge in [0.15, 0.2) is 0 Å². The molecule has 29 heavy (non-hydrogen) atoms. The summed E-state index contributed by atoms with van der Waals surface area (Å²) in [4.78, 5) is 29.8. The number of nitrogens with one attached hydrogen (secondary N) is 2. The number of hydrogen-bond acceptors (Lipinski definition) is 3. The number of para-hydroxylation sites is 1. The number of rotatable bonds is 5. The highest BCUT2D eigenvalue weighted by atomic mass is 35.5. The van der Waals surface area contributed by atoms with Gasteiger partial charge in [-0.25, -0.2) is 4.98 Å². The van der Waals surface area contributed by atoms with Crippen LogP contribution in [0.1, 0.15) is 11.1 Å². The summed E-state index contributed by atoms with van der Waals surface area (Å²) in [7, 11) is 0. The van der Waals surface area contributed by atoms with Crippen LogP contribution in [0.2, 0.25) is 10.2 Å². The van der Waals surface area contributed by atoms with Crippen molar-refractivity contribution in [2.75, 3.05) is 10.6 Å². The number of carbonyl (C=O) groups is 2. The van der Waals surface area contributed by atoms with Crippen molar-refractivity contribution in [3.8, 4) is 0 Å². The van der Waals surface area contributed by atoms with E-state index in [0.29, 0.717) is 22.0 Å². The van der Waals surface area contributed by atoms with Gasteiger partial charge in [0.2, 0.25) is 0 Å². The third-order valence-electron chi connectivity index (χ3n) is 3.98. The summed E-state index contributed by atoms with van der Waals surface area (Å²) in [6.45, 7) is 1.88. The largest absolute Gasteiger partial charge is 0.322 e. The molecule has 0 saturated carbocycles. The van der Waals surface area contributed by atoms with Gasteiger partial charge in [0, 0.05) is 17.4 Å². The molecule has 2 N–H and O–H groups in total. The maximum absolute atomic E-state index is 13.0. The number of nitrogens with zero attached hydrogens (tertiary/aromatic N) is 1. The van der Waals surface area contributed by atoms with E-state index in [-0.39, 0.29) is 10.7 Å². The Morgan fingerprint density at radius 2 is 1.66 bits per heavy atom. The molecule has 0 aliphatic heterocycles. The summed E-state index contributed by atoms with van der Waals surface area (Å²) in [6, 6.07) is 17.4. The molecule has 0 unspecified atom stereocenters. The minimum atomic E-state index is -0.620. The second kappa shape index (κ2) is 9.37. The molecule has 2 amide bonds. The van der Waals surface area contributed by atoms with Gasteiger partial charge in [-0.05, 0) is 48.9 Å². The number of halogens is 2. The number of aryl methyl sites for hydroxylation is 1. The number of anilines is 2. The lowest BCUT2D eigenvalue weighted by Gasteiger charge is -2.12. The first-order valence-electron chi connectivity index (χ1n) is 8.70. The Balaban J connectivity index is 1.95. The van der Waals surface area contributed by atoms with Crippen LogP contribution in [0.15, 0.2) is 72.4 Å². The lowest BCUT2D eigenvalue weighted by atomic mass is 10.1. The van der Waals surface area contributed by atoms with Gasteiger partial charge < -0.3 is 10.6 Å². The van der Waals surface area contributed by atoms with Gasteiger partial charge in [-0.3, -0.25) is 9.59 Å². The summed E-state index contributed by atoms with van der Waals surface area (Å²) < 4.78 is 0. The van der Waals surface area contributed by atoms with Gasteiger partial charge >= 0.3 is 0 Å². The number of benzene rings is 2. The monoisotopic (exact) mass is 425 g/mol. The second-order valence-corrected chi connectivity index (χ2v) is 6.96. The summed E-state index contributed by atoms with van der Waals surface area (Å²) >= 11 is 12.3. The van der Waals surface area contributed by atoms with Crippen molar-refractivity contribution in [3.63, 3.8) is 0 Å². The molecule has 0 saturated heterocycles. The predicted molar refractivity (Wildman–Crippen MR) is 117 cm³/mol. The number of carbonyl (C=O) groups excluding carboxylic acids is 2. The van der Waals surface area contributed by atoms with Crippen LogP contribution in [0.4, 0.5) is 11.4 Å². The van der Waals surface area contributed by atoms with Crippen molar-refractivity contribution >= 4 is 52.5 Å². The van der Waals surface area contributed by atoms with Gasteiger partial charge in [0.25, 0.3) is 11.8 Å². The topological polar surface area (TPSA) is 71.1 Å². The van der Waals surface area contributed by atoms with Gasteiger partial charge in [0.05, 0.1) is 10.7 Å². The molecule has 146 valence electrons. The Kier molecular flexibility index (Phi) is 6.65. The Morgan fingerprint density at radius 3 is 2.38 bits per heavy atom. The van der Waals surface area contributed by atoms with Crippen molar-refractivity contribution in [1.29, 1.82) is 0 Å². The molecule has 0 fully saturated rings. The smallest absolute Gasteiger partial charge is 0.261 e. The first kappa shape index (κ1) is 20.6. The number of pyridine rings is 1. The van der Waals surface area contributed by atoms with Crippen LogP contribution >= 0.6 is 23.2 Å². The third-order valence-corrected chi connectivity index (χ3v) is 4.62. The first-order valence-corrected chi connectivity index (χ1v) is 9.46. The molecule has 0 aliphatic carbocycles. The summed E-state index contributed by atoms with van der Waals surface area (Å²) in [5, 5.41) is 5.95. The molecule has 1 aromatic heterocycles. The average Bonchev–Trinajstić information content (AvgIpc) is 2.70. The number of amides is 2. The number of hydrogen-bond donors (Lipinski definition) is 2. The molecule has 0 aliphatic rings. The van der Waals surface area contributed by atoms with E-state index >= 15 is 0 Å². The molecule has 0 atom stereocenters. The SMILES string of the molecule is Cc1ccc(Cl)c(NC(=O)C(=Cc2cccnc2Cl)C(=O)Nc2ccccc2)c1. The van der Waals surface area contributed by atoms with E-state index in [1.807, 2.05) is 19.1 Å². The molecule has 0 spiro atoms. The van der Waals surface area contributed by atoms with Crippen LogP contribution in [0, 0.1) is 6.92 Å². The maximum atomic E-state index is 13.0. The average molecular weight is 426 g/mol. The molecule has 7 heteroatoms. The van der Waals surface area contributed by atoms with E-state index in [1.54, 1.807) is 48.5 Å². The fourth-order valence-electron chi connectivity index (χ4n) is 2.54. The molecule has 1 heterocycles. The van der Waals surface area contributed by atoms with Crippen LogP contribution in [0.3, 0.4) is 0 Å². The van der Waals surface area contributed by atoms with Crippen molar-refractivity contribution in [1.82, 2.24) is 4.98 Å². The summed E-state index contributed by atoms with van der Waals surface area (Å²) in [5.41, 5.74) is 2.19. The second-order valence-electron chi connectivity index (χ2n) is 6.20. The van der Waals surface area contributed by atoms with Crippen LogP contribution in [-0.4, -0.2) is 16.8 Å². The van der Waals surface area contributed by atoms with Gasteiger partial charge in [-0.1, -0.05) is 53.5 Å². The fraction of sp³-hybridized carbons (Fsp3) is 0.0455. The standard InChI is InChI=1S/C22H17Cl2N3O2/c1-14-9-10-18(23)19(12-14)27-22(29)17(13-15-6-5-11-25-20(15)24)21(28)26-16-7-3-2-4-8-16/h2-13H,1H3,(H,26,28)(H,27,29). The molecule has 2 aromatic carbocycles. The minimum absolute atomic E-state index is 0.138. The quantitative estimate of drug-likeness (QED) is 0.250. The van der Waals surface area contributed by atoms with E-state index in [2.05, 4.69) is 15.6 Å². The van der Waals surface area contributed by atoms with Crippen LogP contribution in [0.5, 0.6) is 0 Å².